The maximum absolute atomic E-state index is 2.36. The molecule has 0 aliphatic rings. The maximum Gasteiger partial charge on any atom is 0.0462 e. The molecule has 0 heterocycles. The van der Waals surface area contributed by atoms with Gasteiger partial charge >= 0.3 is 0 Å². The van der Waals surface area contributed by atoms with E-state index in [0.29, 0.717) is 0 Å². The lowest BCUT2D eigenvalue weighted by atomic mass is 9.86. The van der Waals surface area contributed by atoms with Crippen LogP contribution in [0, 0.1) is 0 Å². The van der Waals surface area contributed by atoms with E-state index in [-0.39, 0.29) is 21.7 Å². The molecule has 0 saturated carbocycles. The molecule has 362 valence electrons. The van der Waals surface area contributed by atoms with Gasteiger partial charge in [0.05, 0.1) is 0 Å². The molecule has 0 unspecified atom stereocenters. The van der Waals surface area contributed by atoms with Gasteiger partial charge in [0, 0.05) is 34.1 Å². The summed E-state index contributed by atoms with van der Waals surface area (Å²) in [5, 5.41) is 4.92. The minimum atomic E-state index is 0.0808. The Morgan fingerprint density at radius 2 is 0.431 bits per heavy atom. The summed E-state index contributed by atoms with van der Waals surface area (Å²) in [6, 6.07) is 71.9. The van der Waals surface area contributed by atoms with Crippen molar-refractivity contribution in [1.29, 1.82) is 0 Å². The number of benzene rings is 9. The molecule has 2 heteroatoms. The normalized spacial score (nSPS) is 12.6. The standard InChI is InChI=1S/C70H72N2/c1-67(2,3)51-27-39-57(40-28-51)71(58-41-29-52(30-42-58)68(4,5)6)55-35-21-49(22-36-55)25-47-65-61-17-13-15-19-63(61)66(64-20-16-14-18-62(64)65)48-26-50-23-37-56(38-24-50)72(59-43-31-53(32-44-59)69(7,8)9)60-45-33-54(34-46-60)70(10,11)12/h13-48H,1-12H3. The van der Waals surface area contributed by atoms with E-state index in [0.717, 1.165) is 45.3 Å². The van der Waals surface area contributed by atoms with E-state index in [4.69, 9.17) is 0 Å². The van der Waals surface area contributed by atoms with Gasteiger partial charge in [0.25, 0.3) is 0 Å². The van der Waals surface area contributed by atoms with Crippen molar-refractivity contribution >= 4 is 80.0 Å². The number of rotatable bonds is 10. The molecule has 2 nitrogen and oxygen atoms in total. The molecule has 0 fully saturated rings. The zero-order valence-corrected chi connectivity index (χ0v) is 44.7. The van der Waals surface area contributed by atoms with E-state index in [1.165, 1.54) is 54.9 Å². The van der Waals surface area contributed by atoms with Crippen molar-refractivity contribution in [3.63, 3.8) is 0 Å². The average Bonchev–Trinajstić information content (AvgIpc) is 3.35. The number of nitrogens with zero attached hydrogens (tertiary/aromatic N) is 2. The first-order chi connectivity index (χ1) is 34.2. The molecule has 0 aromatic heterocycles. The first kappa shape index (κ1) is 49.6. The summed E-state index contributed by atoms with van der Waals surface area (Å²) in [4.78, 5) is 4.73. The molecule has 72 heavy (non-hydrogen) atoms. The van der Waals surface area contributed by atoms with Crippen LogP contribution >= 0.6 is 0 Å². The summed E-state index contributed by atoms with van der Waals surface area (Å²) in [6.45, 7) is 27.2. The van der Waals surface area contributed by atoms with Gasteiger partial charge in [-0.25, -0.2) is 0 Å². The maximum atomic E-state index is 2.36. The second-order valence-corrected chi connectivity index (χ2v) is 23.6. The van der Waals surface area contributed by atoms with Gasteiger partial charge in [0.2, 0.25) is 0 Å². The summed E-state index contributed by atoms with van der Waals surface area (Å²) >= 11 is 0. The molecule has 0 spiro atoms. The number of anilines is 6. The highest BCUT2D eigenvalue weighted by atomic mass is 15.1. The fourth-order valence-electron chi connectivity index (χ4n) is 9.72. The number of hydrogen-bond acceptors (Lipinski definition) is 2. The van der Waals surface area contributed by atoms with E-state index in [2.05, 4.69) is 311 Å². The summed E-state index contributed by atoms with van der Waals surface area (Å²) in [7, 11) is 0. The summed E-state index contributed by atoms with van der Waals surface area (Å²) < 4.78 is 0. The van der Waals surface area contributed by atoms with Gasteiger partial charge in [-0.1, -0.05) is 229 Å². The van der Waals surface area contributed by atoms with Gasteiger partial charge in [-0.3, -0.25) is 0 Å². The predicted octanol–water partition coefficient (Wildman–Crippen LogP) is 20.5. The lowest BCUT2D eigenvalue weighted by Crippen LogP contribution is -2.14. The molecule has 0 saturated heterocycles. The highest BCUT2D eigenvalue weighted by Crippen LogP contribution is 2.41. The van der Waals surface area contributed by atoms with E-state index in [9.17, 15) is 0 Å². The Morgan fingerprint density at radius 1 is 0.236 bits per heavy atom. The van der Waals surface area contributed by atoms with Crippen LogP contribution in [0.1, 0.15) is 128 Å². The SMILES string of the molecule is CC(C)(C)c1ccc(N(c2ccc(C=Cc3c4ccccc4c(C=Cc4ccc(N(c5ccc(C(C)(C)C)cc5)c5ccc(C(C)(C)C)cc5)cc4)c4ccccc34)cc2)c2ccc(C(C)(C)C)cc2)cc1. The molecule has 9 rings (SSSR count). The van der Waals surface area contributed by atoms with Crippen LogP contribution in [0.15, 0.2) is 194 Å². The van der Waals surface area contributed by atoms with Crippen LogP contribution in [0.5, 0.6) is 0 Å². The fraction of sp³-hybridized carbons (Fsp3) is 0.229. The molecule has 0 radical (unpaired) electrons. The van der Waals surface area contributed by atoms with E-state index in [1.54, 1.807) is 0 Å². The first-order valence-electron chi connectivity index (χ1n) is 25.7. The Labute approximate surface area is 431 Å². The summed E-state index contributed by atoms with van der Waals surface area (Å²) in [5.41, 5.74) is 17.1. The zero-order valence-electron chi connectivity index (χ0n) is 44.7. The van der Waals surface area contributed by atoms with Gasteiger partial charge < -0.3 is 9.80 Å². The topological polar surface area (TPSA) is 6.48 Å². The fourth-order valence-corrected chi connectivity index (χ4v) is 9.72. The van der Waals surface area contributed by atoms with Crippen LogP contribution in [-0.4, -0.2) is 0 Å². The average molecular weight is 941 g/mol. The van der Waals surface area contributed by atoms with Crippen molar-refractivity contribution in [1.82, 2.24) is 0 Å². The molecular formula is C70H72N2. The van der Waals surface area contributed by atoms with Crippen LogP contribution in [-0.2, 0) is 21.7 Å². The Balaban J connectivity index is 1.02. The van der Waals surface area contributed by atoms with Crippen molar-refractivity contribution in [3.05, 3.63) is 239 Å². The molecular weight excluding hydrogens is 869 g/mol. The third kappa shape index (κ3) is 10.7. The van der Waals surface area contributed by atoms with E-state index >= 15 is 0 Å². The third-order valence-corrected chi connectivity index (χ3v) is 14.2. The molecule has 0 bridgehead atoms. The van der Waals surface area contributed by atoms with Gasteiger partial charge in [0.1, 0.15) is 0 Å². The first-order valence-corrected chi connectivity index (χ1v) is 25.7. The second kappa shape index (κ2) is 19.6. The van der Waals surface area contributed by atoms with Crippen LogP contribution in [0.25, 0.3) is 45.8 Å². The molecule has 0 amide bonds. The third-order valence-electron chi connectivity index (χ3n) is 14.2. The minimum absolute atomic E-state index is 0.0808. The van der Waals surface area contributed by atoms with E-state index in [1.807, 2.05) is 0 Å². The number of hydrogen-bond donors (Lipinski definition) is 0. The van der Waals surface area contributed by atoms with Crippen LogP contribution in [0.4, 0.5) is 34.1 Å². The second-order valence-electron chi connectivity index (χ2n) is 23.6. The van der Waals surface area contributed by atoms with Gasteiger partial charge in [-0.2, -0.15) is 0 Å². The van der Waals surface area contributed by atoms with Crippen LogP contribution in [0.2, 0.25) is 0 Å². The van der Waals surface area contributed by atoms with Crippen LogP contribution in [0.3, 0.4) is 0 Å². The van der Waals surface area contributed by atoms with Crippen molar-refractivity contribution in [3.8, 4) is 0 Å². The number of fused-ring (bicyclic) bond motifs is 2. The van der Waals surface area contributed by atoms with Crippen molar-refractivity contribution < 1.29 is 0 Å². The lowest BCUT2D eigenvalue weighted by molar-refractivity contribution is 0.590. The molecule has 0 aliphatic heterocycles. The summed E-state index contributed by atoms with van der Waals surface area (Å²) in [5.74, 6) is 0. The Morgan fingerprint density at radius 3 is 0.625 bits per heavy atom. The molecule has 9 aromatic rings. The highest BCUT2D eigenvalue weighted by molar-refractivity contribution is 6.14. The quantitative estimate of drug-likeness (QED) is 0.0996. The van der Waals surface area contributed by atoms with E-state index < -0.39 is 0 Å². The Kier molecular flexibility index (Phi) is 13.5. The largest absolute Gasteiger partial charge is 0.311 e. The Hall–Kier alpha value is -7.42. The predicted molar refractivity (Wildman–Crippen MR) is 316 cm³/mol. The van der Waals surface area contributed by atoms with Crippen LogP contribution < -0.4 is 9.80 Å². The molecule has 9 aromatic carbocycles. The molecule has 0 atom stereocenters. The Bertz CT molecular complexity index is 2960. The van der Waals surface area contributed by atoms with Crippen molar-refractivity contribution in [2.45, 2.75) is 105 Å². The van der Waals surface area contributed by atoms with Gasteiger partial charge in [0.15, 0.2) is 0 Å². The smallest absolute Gasteiger partial charge is 0.0462 e. The molecule has 0 N–H and O–H groups in total. The molecule has 0 aliphatic carbocycles. The van der Waals surface area contributed by atoms with Crippen molar-refractivity contribution in [2.24, 2.45) is 0 Å². The van der Waals surface area contributed by atoms with Gasteiger partial charge in [-0.05, 0) is 161 Å². The van der Waals surface area contributed by atoms with Gasteiger partial charge in [-0.15, -0.1) is 0 Å². The van der Waals surface area contributed by atoms with Crippen molar-refractivity contribution in [2.75, 3.05) is 9.80 Å². The highest BCUT2D eigenvalue weighted by Gasteiger charge is 2.21. The zero-order chi connectivity index (χ0) is 51.0. The lowest BCUT2D eigenvalue weighted by Gasteiger charge is -2.28. The monoisotopic (exact) mass is 941 g/mol. The minimum Gasteiger partial charge on any atom is -0.311 e. The summed E-state index contributed by atoms with van der Waals surface area (Å²) in [6.07, 6.45) is 9.13.